The lowest BCUT2D eigenvalue weighted by atomic mass is 10.0. The van der Waals surface area contributed by atoms with Gasteiger partial charge in [0.05, 0.1) is 13.2 Å². The lowest BCUT2D eigenvalue weighted by Gasteiger charge is -2.17. The molecule has 0 amide bonds. The van der Waals surface area contributed by atoms with E-state index >= 15 is 0 Å². The molecule has 8 heteroatoms. The maximum atomic E-state index is 11.0. The topological polar surface area (TPSA) is 102 Å². The molecule has 0 aliphatic carbocycles. The lowest BCUT2D eigenvalue weighted by molar-refractivity contribution is -0.151. The van der Waals surface area contributed by atoms with Crippen LogP contribution >= 0.6 is 7.82 Å². The zero-order valence-corrected chi connectivity index (χ0v) is 19.4. The van der Waals surface area contributed by atoms with E-state index < -0.39 is 19.9 Å². The summed E-state index contributed by atoms with van der Waals surface area (Å²) >= 11 is 0. The standard InChI is InChI=1S/C21H43O7P/c1-3-4-5-6-7-8-9-10-11-12-13-14-15-16-17-26-18-21(28-20(2)22)19-27-29(23,24)25/h21H,3-19H2,1-2H3,(H2,23,24,25)/t21-/m1/s1. The molecule has 0 saturated carbocycles. The normalized spacial score (nSPS) is 12.8. The zero-order valence-electron chi connectivity index (χ0n) is 18.5. The molecule has 2 N–H and O–H groups in total. The van der Waals surface area contributed by atoms with Gasteiger partial charge in [-0.2, -0.15) is 0 Å². The molecule has 0 aromatic rings. The van der Waals surface area contributed by atoms with Crippen molar-refractivity contribution in [3.63, 3.8) is 0 Å². The number of unbranched alkanes of at least 4 members (excludes halogenated alkanes) is 13. The molecule has 0 spiro atoms. The third-order valence-electron chi connectivity index (χ3n) is 4.71. The minimum Gasteiger partial charge on any atom is -0.458 e. The van der Waals surface area contributed by atoms with Gasteiger partial charge in [-0.3, -0.25) is 9.32 Å². The van der Waals surface area contributed by atoms with Crippen molar-refractivity contribution in [3.05, 3.63) is 0 Å². The Bertz CT molecular complexity index is 425. The average molecular weight is 439 g/mol. The second kappa shape index (κ2) is 19.5. The van der Waals surface area contributed by atoms with Crippen LogP contribution in [0.4, 0.5) is 0 Å². The van der Waals surface area contributed by atoms with E-state index in [0.29, 0.717) is 6.61 Å². The number of esters is 1. The Hall–Kier alpha value is -0.460. The Balaban J connectivity index is 3.45. The van der Waals surface area contributed by atoms with Gasteiger partial charge >= 0.3 is 13.8 Å². The van der Waals surface area contributed by atoms with Crippen molar-refractivity contribution in [2.24, 2.45) is 0 Å². The largest absolute Gasteiger partial charge is 0.469 e. The van der Waals surface area contributed by atoms with Gasteiger partial charge in [-0.05, 0) is 6.42 Å². The van der Waals surface area contributed by atoms with Crippen LogP contribution in [0.15, 0.2) is 0 Å². The molecule has 1 atom stereocenters. The summed E-state index contributed by atoms with van der Waals surface area (Å²) in [7, 11) is -4.59. The number of rotatable bonds is 21. The van der Waals surface area contributed by atoms with Crippen molar-refractivity contribution >= 4 is 13.8 Å². The van der Waals surface area contributed by atoms with Crippen LogP contribution in [0.5, 0.6) is 0 Å². The Morgan fingerprint density at radius 1 is 0.793 bits per heavy atom. The number of phosphoric acid groups is 1. The third kappa shape index (κ3) is 23.7. The number of ether oxygens (including phenoxy) is 2. The monoisotopic (exact) mass is 438 g/mol. The van der Waals surface area contributed by atoms with Crippen LogP contribution < -0.4 is 0 Å². The molecular weight excluding hydrogens is 395 g/mol. The van der Waals surface area contributed by atoms with E-state index in [-0.39, 0.29) is 13.2 Å². The first-order valence-corrected chi connectivity index (χ1v) is 12.8. The number of hydrogen-bond donors (Lipinski definition) is 2. The van der Waals surface area contributed by atoms with Gasteiger partial charge in [0.25, 0.3) is 0 Å². The molecule has 0 saturated heterocycles. The fraction of sp³-hybridized carbons (Fsp3) is 0.952. The molecule has 0 bridgehead atoms. The van der Waals surface area contributed by atoms with Crippen LogP contribution in [-0.2, 0) is 23.4 Å². The summed E-state index contributed by atoms with van der Waals surface area (Å²) in [5.74, 6) is -0.538. The summed E-state index contributed by atoms with van der Waals surface area (Å²) in [5, 5.41) is 0. The molecule has 174 valence electrons. The fourth-order valence-electron chi connectivity index (χ4n) is 3.14. The van der Waals surface area contributed by atoms with Gasteiger partial charge < -0.3 is 19.3 Å². The number of hydrogen-bond acceptors (Lipinski definition) is 5. The maximum Gasteiger partial charge on any atom is 0.469 e. The molecule has 0 heterocycles. The van der Waals surface area contributed by atoms with Gasteiger partial charge in [-0.15, -0.1) is 0 Å². The number of carbonyl (C=O) groups is 1. The Morgan fingerprint density at radius 3 is 1.66 bits per heavy atom. The third-order valence-corrected chi connectivity index (χ3v) is 5.19. The predicted octanol–water partition coefficient (Wildman–Crippen LogP) is 5.53. The van der Waals surface area contributed by atoms with Gasteiger partial charge in [0.1, 0.15) is 6.10 Å². The van der Waals surface area contributed by atoms with Gasteiger partial charge in [0.2, 0.25) is 0 Å². The van der Waals surface area contributed by atoms with E-state index in [4.69, 9.17) is 19.3 Å². The van der Waals surface area contributed by atoms with E-state index in [2.05, 4.69) is 11.4 Å². The van der Waals surface area contributed by atoms with Crippen LogP contribution in [0.2, 0.25) is 0 Å². The molecule has 0 rings (SSSR count). The summed E-state index contributed by atoms with van der Waals surface area (Å²) in [6.45, 7) is 3.70. The predicted molar refractivity (Wildman–Crippen MR) is 115 cm³/mol. The molecule has 0 aliphatic heterocycles. The van der Waals surface area contributed by atoms with Crippen LogP contribution in [0.3, 0.4) is 0 Å². The first kappa shape index (κ1) is 28.5. The van der Waals surface area contributed by atoms with Gasteiger partial charge in [0.15, 0.2) is 0 Å². The molecule has 0 aromatic carbocycles. The van der Waals surface area contributed by atoms with Gasteiger partial charge in [0, 0.05) is 13.5 Å². The first-order chi connectivity index (χ1) is 13.8. The Morgan fingerprint density at radius 2 is 1.24 bits per heavy atom. The SMILES string of the molecule is CCCCCCCCCCCCCCCCOC[C@H](COP(=O)(O)O)OC(C)=O. The summed E-state index contributed by atoms with van der Waals surface area (Å²) in [6, 6.07) is 0. The van der Waals surface area contributed by atoms with Crippen LogP contribution in [-0.4, -0.2) is 41.7 Å². The minimum absolute atomic E-state index is 0.0675. The molecule has 7 nitrogen and oxygen atoms in total. The smallest absolute Gasteiger partial charge is 0.458 e. The van der Waals surface area contributed by atoms with Crippen molar-refractivity contribution in [2.75, 3.05) is 19.8 Å². The van der Waals surface area contributed by atoms with Crippen molar-refractivity contribution in [2.45, 2.75) is 110 Å². The first-order valence-electron chi connectivity index (χ1n) is 11.3. The summed E-state index contributed by atoms with van der Waals surface area (Å²) in [4.78, 5) is 28.5. The van der Waals surface area contributed by atoms with Crippen molar-refractivity contribution in [3.8, 4) is 0 Å². The van der Waals surface area contributed by atoms with Crippen molar-refractivity contribution in [1.82, 2.24) is 0 Å². The quantitative estimate of drug-likeness (QED) is 0.138. The molecule has 29 heavy (non-hydrogen) atoms. The van der Waals surface area contributed by atoms with E-state index in [1.807, 2.05) is 0 Å². The molecule has 0 radical (unpaired) electrons. The van der Waals surface area contributed by atoms with E-state index in [0.717, 1.165) is 12.8 Å². The van der Waals surface area contributed by atoms with Crippen LogP contribution in [0, 0.1) is 0 Å². The van der Waals surface area contributed by atoms with Crippen LogP contribution in [0.25, 0.3) is 0 Å². The zero-order chi connectivity index (χ0) is 21.8. The Labute approximate surface area is 177 Å². The number of phosphoric ester groups is 1. The maximum absolute atomic E-state index is 11.0. The molecule has 0 aromatic heterocycles. The summed E-state index contributed by atoms with van der Waals surface area (Å²) in [6.07, 6.45) is 17.2. The van der Waals surface area contributed by atoms with Crippen molar-refractivity contribution < 1.29 is 33.1 Å². The summed E-state index contributed by atoms with van der Waals surface area (Å²) < 4.78 is 25.5. The molecular formula is C21H43O7P. The van der Waals surface area contributed by atoms with Crippen LogP contribution in [0.1, 0.15) is 104 Å². The fourth-order valence-corrected chi connectivity index (χ4v) is 3.50. The molecule has 0 fully saturated rings. The van der Waals surface area contributed by atoms with Gasteiger partial charge in [-0.25, -0.2) is 4.57 Å². The van der Waals surface area contributed by atoms with E-state index in [1.54, 1.807) is 0 Å². The van der Waals surface area contributed by atoms with Gasteiger partial charge in [-0.1, -0.05) is 90.4 Å². The lowest BCUT2D eigenvalue weighted by Crippen LogP contribution is -2.27. The van der Waals surface area contributed by atoms with E-state index in [9.17, 15) is 9.36 Å². The highest BCUT2D eigenvalue weighted by molar-refractivity contribution is 7.46. The number of carbonyl (C=O) groups excluding carboxylic acids is 1. The highest BCUT2D eigenvalue weighted by atomic mass is 31.2. The second-order valence-electron chi connectivity index (χ2n) is 7.69. The average Bonchev–Trinajstić information content (AvgIpc) is 2.64. The molecule has 0 unspecified atom stereocenters. The molecule has 0 aliphatic rings. The van der Waals surface area contributed by atoms with E-state index in [1.165, 1.54) is 84.0 Å². The minimum atomic E-state index is -4.59. The Kier molecular flexibility index (Phi) is 19.2. The van der Waals surface area contributed by atoms with Crippen molar-refractivity contribution in [1.29, 1.82) is 0 Å². The summed E-state index contributed by atoms with van der Waals surface area (Å²) in [5.41, 5.74) is 0. The highest BCUT2D eigenvalue weighted by Crippen LogP contribution is 2.35. The highest BCUT2D eigenvalue weighted by Gasteiger charge is 2.20. The second-order valence-corrected chi connectivity index (χ2v) is 8.93.